The minimum atomic E-state index is -1.09. The summed E-state index contributed by atoms with van der Waals surface area (Å²) >= 11 is 5.94. The zero-order valence-electron chi connectivity index (χ0n) is 16.3. The van der Waals surface area contributed by atoms with Crippen LogP contribution in [0.25, 0.3) is 0 Å². The number of rotatable bonds is 6. The average Bonchev–Trinajstić information content (AvgIpc) is 3.06. The second-order valence-corrected chi connectivity index (χ2v) is 6.99. The number of halogens is 1. The number of nitrogens with zero attached hydrogens (tertiary/aromatic N) is 1. The highest BCUT2D eigenvalue weighted by atomic mass is 35.5. The predicted octanol–water partition coefficient (Wildman–Crippen LogP) is 3.19. The van der Waals surface area contributed by atoms with Crippen molar-refractivity contribution in [2.24, 2.45) is 0 Å². The lowest BCUT2D eigenvalue weighted by Gasteiger charge is -2.16. The van der Waals surface area contributed by atoms with Crippen LogP contribution in [0.2, 0.25) is 5.02 Å². The highest BCUT2D eigenvalue weighted by molar-refractivity contribution is 6.31. The molecule has 0 radical (unpaired) electrons. The molecule has 0 aliphatic carbocycles. The van der Waals surface area contributed by atoms with Crippen LogP contribution in [0, 0.1) is 0 Å². The molecule has 9 heteroatoms. The lowest BCUT2D eigenvalue weighted by Crippen LogP contribution is -2.30. The molecular formula is C21H19ClN2O6. The topological polar surface area (TPSA) is 102 Å². The molecule has 0 saturated carbocycles. The van der Waals surface area contributed by atoms with E-state index >= 15 is 0 Å². The standard InChI is InChI=1S/C21H19ClN2O6/c1-12(20(27)23-16-11-14(22)5-8-17(16)29-2)30-21(28)13-3-6-15(7-4-13)24-18(25)9-10-19(24)26/h3-8,11-12H,9-10H2,1-2H3,(H,23,27). The Kier molecular flexibility index (Phi) is 6.37. The molecule has 8 nitrogen and oxygen atoms in total. The molecule has 1 aliphatic heterocycles. The highest BCUT2D eigenvalue weighted by Crippen LogP contribution is 2.28. The molecular weight excluding hydrogens is 412 g/mol. The molecule has 1 atom stereocenters. The number of carbonyl (C=O) groups excluding carboxylic acids is 4. The van der Waals surface area contributed by atoms with Crippen LogP contribution in [0.4, 0.5) is 11.4 Å². The van der Waals surface area contributed by atoms with Crippen molar-refractivity contribution in [3.8, 4) is 5.75 Å². The first-order valence-corrected chi connectivity index (χ1v) is 9.49. The van der Waals surface area contributed by atoms with Gasteiger partial charge in [0.25, 0.3) is 5.91 Å². The Bertz CT molecular complexity index is 989. The third-order valence-corrected chi connectivity index (χ3v) is 4.72. The zero-order valence-corrected chi connectivity index (χ0v) is 17.1. The molecule has 3 amide bonds. The molecule has 0 aromatic heterocycles. The van der Waals surface area contributed by atoms with Crippen LogP contribution in [0.3, 0.4) is 0 Å². The van der Waals surface area contributed by atoms with Crippen LogP contribution in [0.5, 0.6) is 5.75 Å². The van der Waals surface area contributed by atoms with E-state index in [1.54, 1.807) is 12.1 Å². The molecule has 156 valence electrons. The van der Waals surface area contributed by atoms with Crippen LogP contribution in [0.15, 0.2) is 42.5 Å². The molecule has 2 aromatic rings. The summed E-state index contributed by atoms with van der Waals surface area (Å²) in [6, 6.07) is 10.6. The summed E-state index contributed by atoms with van der Waals surface area (Å²) in [4.78, 5) is 49.4. The van der Waals surface area contributed by atoms with Crippen molar-refractivity contribution in [1.29, 1.82) is 0 Å². The molecule has 1 saturated heterocycles. The molecule has 0 spiro atoms. The van der Waals surface area contributed by atoms with Crippen LogP contribution in [0.1, 0.15) is 30.1 Å². The van der Waals surface area contributed by atoms with Gasteiger partial charge in [0.2, 0.25) is 11.8 Å². The van der Waals surface area contributed by atoms with Gasteiger partial charge in [-0.2, -0.15) is 0 Å². The van der Waals surface area contributed by atoms with E-state index in [1.165, 1.54) is 44.4 Å². The fourth-order valence-corrected chi connectivity index (χ4v) is 3.08. The number of nitrogens with one attached hydrogen (secondary N) is 1. The predicted molar refractivity (Wildman–Crippen MR) is 110 cm³/mol. The maximum absolute atomic E-state index is 12.4. The van der Waals surface area contributed by atoms with Crippen molar-refractivity contribution in [3.05, 3.63) is 53.1 Å². The molecule has 1 fully saturated rings. The average molecular weight is 431 g/mol. The van der Waals surface area contributed by atoms with Crippen molar-refractivity contribution in [2.45, 2.75) is 25.9 Å². The van der Waals surface area contributed by atoms with Crippen LogP contribution < -0.4 is 15.0 Å². The first-order chi connectivity index (χ1) is 14.3. The smallest absolute Gasteiger partial charge is 0.338 e. The van der Waals surface area contributed by atoms with Gasteiger partial charge < -0.3 is 14.8 Å². The van der Waals surface area contributed by atoms with Gasteiger partial charge in [0.05, 0.1) is 24.0 Å². The van der Waals surface area contributed by atoms with Crippen LogP contribution >= 0.6 is 11.6 Å². The van der Waals surface area contributed by atoms with Gasteiger partial charge in [0.15, 0.2) is 6.10 Å². The van der Waals surface area contributed by atoms with Gasteiger partial charge in [-0.1, -0.05) is 11.6 Å². The van der Waals surface area contributed by atoms with Crippen molar-refractivity contribution in [2.75, 3.05) is 17.3 Å². The number of anilines is 2. The van der Waals surface area contributed by atoms with Gasteiger partial charge in [0.1, 0.15) is 5.75 Å². The van der Waals surface area contributed by atoms with Gasteiger partial charge >= 0.3 is 5.97 Å². The molecule has 1 aliphatic rings. The monoisotopic (exact) mass is 430 g/mol. The summed E-state index contributed by atoms with van der Waals surface area (Å²) in [5.41, 5.74) is 0.915. The Morgan fingerprint density at radius 1 is 1.07 bits per heavy atom. The molecule has 1 heterocycles. The Balaban J connectivity index is 1.64. The maximum Gasteiger partial charge on any atom is 0.338 e. The SMILES string of the molecule is COc1ccc(Cl)cc1NC(=O)C(C)OC(=O)c1ccc(N2C(=O)CCC2=O)cc1. The third-order valence-electron chi connectivity index (χ3n) is 4.49. The first kappa shape index (κ1) is 21.3. The van der Waals surface area contributed by atoms with Gasteiger partial charge in [-0.3, -0.25) is 19.3 Å². The van der Waals surface area contributed by atoms with Gasteiger partial charge in [-0.15, -0.1) is 0 Å². The maximum atomic E-state index is 12.4. The van der Waals surface area contributed by atoms with Crippen LogP contribution in [-0.2, 0) is 19.1 Å². The summed E-state index contributed by atoms with van der Waals surface area (Å²) in [5.74, 6) is -1.43. The van der Waals surface area contributed by atoms with E-state index in [2.05, 4.69) is 5.32 Å². The second-order valence-electron chi connectivity index (χ2n) is 6.55. The quantitative estimate of drug-likeness (QED) is 0.557. The minimum Gasteiger partial charge on any atom is -0.495 e. The lowest BCUT2D eigenvalue weighted by molar-refractivity contribution is -0.124. The Labute approximate surface area is 177 Å². The second kappa shape index (κ2) is 8.96. The minimum absolute atomic E-state index is 0.173. The normalized spacial score (nSPS) is 14.4. The number of hydrogen-bond acceptors (Lipinski definition) is 6. The van der Waals surface area contributed by atoms with Crippen molar-refractivity contribution < 1.29 is 28.7 Å². The van der Waals surface area contributed by atoms with Gasteiger partial charge in [-0.05, 0) is 49.4 Å². The van der Waals surface area contributed by atoms with Gasteiger partial charge in [0, 0.05) is 17.9 Å². The number of hydrogen-bond donors (Lipinski definition) is 1. The number of ether oxygens (including phenoxy) is 2. The largest absolute Gasteiger partial charge is 0.495 e. The molecule has 3 rings (SSSR count). The summed E-state index contributed by atoms with van der Waals surface area (Å²) in [6.07, 6.45) is -0.748. The zero-order chi connectivity index (χ0) is 21.8. The van der Waals surface area contributed by atoms with Gasteiger partial charge in [-0.25, -0.2) is 4.79 Å². The number of amides is 3. The van der Waals surface area contributed by atoms with E-state index in [1.807, 2.05) is 0 Å². The van der Waals surface area contributed by atoms with E-state index < -0.39 is 18.0 Å². The first-order valence-electron chi connectivity index (χ1n) is 9.11. The summed E-state index contributed by atoms with van der Waals surface area (Å²) < 4.78 is 10.4. The van der Waals surface area contributed by atoms with E-state index in [4.69, 9.17) is 21.1 Å². The van der Waals surface area contributed by atoms with Crippen molar-refractivity contribution >= 4 is 46.7 Å². The molecule has 2 aromatic carbocycles. The van der Waals surface area contributed by atoms with Crippen LogP contribution in [-0.4, -0.2) is 36.9 Å². The highest BCUT2D eigenvalue weighted by Gasteiger charge is 2.30. The summed E-state index contributed by atoms with van der Waals surface area (Å²) in [5, 5.41) is 3.02. The van der Waals surface area contributed by atoms with E-state index in [0.29, 0.717) is 22.1 Å². The molecule has 1 unspecified atom stereocenters. The lowest BCUT2D eigenvalue weighted by atomic mass is 10.2. The Hall–Kier alpha value is -3.39. The van der Waals surface area contributed by atoms with E-state index in [9.17, 15) is 19.2 Å². The number of carbonyl (C=O) groups is 4. The fraction of sp³-hybridized carbons (Fsp3) is 0.238. The number of esters is 1. The van der Waals surface area contributed by atoms with Crippen molar-refractivity contribution in [1.82, 2.24) is 0 Å². The Morgan fingerprint density at radius 2 is 1.70 bits per heavy atom. The van der Waals surface area contributed by atoms with E-state index in [-0.39, 0.29) is 30.2 Å². The van der Waals surface area contributed by atoms with Crippen molar-refractivity contribution in [3.63, 3.8) is 0 Å². The number of benzene rings is 2. The third kappa shape index (κ3) is 4.60. The summed E-state index contributed by atoms with van der Waals surface area (Å²) in [6.45, 7) is 1.43. The molecule has 1 N–H and O–H groups in total. The Morgan fingerprint density at radius 3 is 2.30 bits per heavy atom. The molecule has 0 bridgehead atoms. The van der Waals surface area contributed by atoms with E-state index in [0.717, 1.165) is 4.90 Å². The summed E-state index contributed by atoms with van der Waals surface area (Å²) in [7, 11) is 1.45. The fourth-order valence-electron chi connectivity index (χ4n) is 2.91. The molecule has 30 heavy (non-hydrogen) atoms. The number of methoxy groups -OCH3 is 1. The number of imide groups is 1.